The summed E-state index contributed by atoms with van der Waals surface area (Å²) in [6, 6.07) is 12.4. The molecule has 1 unspecified atom stereocenters. The van der Waals surface area contributed by atoms with Crippen molar-refractivity contribution in [1.82, 2.24) is 10.4 Å². The van der Waals surface area contributed by atoms with Crippen LogP contribution in [0.3, 0.4) is 0 Å². The fraction of sp³-hybridized carbons (Fsp3) is 0.154. The van der Waals surface area contributed by atoms with Gasteiger partial charge in [-0.3, -0.25) is 16.3 Å². The SMILES string of the molecule is NNC(Cc1ccc(Br)cn1)c1ccc(I)cc1. The number of rotatable bonds is 4. The number of pyridine rings is 1. The van der Waals surface area contributed by atoms with Crippen LogP contribution in [0.2, 0.25) is 0 Å². The van der Waals surface area contributed by atoms with Crippen molar-refractivity contribution in [3.63, 3.8) is 0 Å². The number of hydrogen-bond acceptors (Lipinski definition) is 3. The number of benzene rings is 1. The van der Waals surface area contributed by atoms with E-state index in [1.165, 1.54) is 9.13 Å². The number of aromatic nitrogens is 1. The van der Waals surface area contributed by atoms with E-state index in [0.29, 0.717) is 0 Å². The molecule has 0 bridgehead atoms. The summed E-state index contributed by atoms with van der Waals surface area (Å²) in [6.07, 6.45) is 2.57. The highest BCUT2D eigenvalue weighted by molar-refractivity contribution is 14.1. The van der Waals surface area contributed by atoms with E-state index >= 15 is 0 Å². The average molecular weight is 418 g/mol. The molecule has 0 aliphatic rings. The summed E-state index contributed by atoms with van der Waals surface area (Å²) in [7, 11) is 0. The quantitative estimate of drug-likeness (QED) is 0.456. The standard InChI is InChI=1S/C13H13BrIN3/c14-10-3-6-12(17-8-10)7-13(18-16)9-1-4-11(15)5-2-9/h1-6,8,13,18H,7,16H2. The maximum atomic E-state index is 5.63. The predicted molar refractivity (Wildman–Crippen MR) is 84.9 cm³/mol. The van der Waals surface area contributed by atoms with Crippen LogP contribution in [0.15, 0.2) is 47.1 Å². The summed E-state index contributed by atoms with van der Waals surface area (Å²) in [5, 5.41) is 0. The zero-order valence-corrected chi connectivity index (χ0v) is 13.3. The number of hydrazine groups is 1. The highest BCUT2D eigenvalue weighted by Crippen LogP contribution is 2.19. The Labute approximate surface area is 128 Å². The summed E-state index contributed by atoms with van der Waals surface area (Å²) < 4.78 is 2.20. The van der Waals surface area contributed by atoms with Crippen LogP contribution >= 0.6 is 38.5 Å². The van der Waals surface area contributed by atoms with Gasteiger partial charge in [-0.25, -0.2) is 0 Å². The summed E-state index contributed by atoms with van der Waals surface area (Å²) >= 11 is 5.67. The van der Waals surface area contributed by atoms with Crippen LogP contribution in [0, 0.1) is 3.57 Å². The topological polar surface area (TPSA) is 50.9 Å². The van der Waals surface area contributed by atoms with Crippen LogP contribution in [-0.4, -0.2) is 4.98 Å². The molecule has 0 radical (unpaired) electrons. The summed E-state index contributed by atoms with van der Waals surface area (Å²) in [5.41, 5.74) is 5.03. The molecule has 2 rings (SSSR count). The normalized spacial score (nSPS) is 12.4. The molecule has 0 fully saturated rings. The molecule has 1 heterocycles. The van der Waals surface area contributed by atoms with Gasteiger partial charge in [0.1, 0.15) is 0 Å². The minimum Gasteiger partial charge on any atom is -0.271 e. The van der Waals surface area contributed by atoms with Gasteiger partial charge in [0.2, 0.25) is 0 Å². The van der Waals surface area contributed by atoms with Crippen molar-refractivity contribution in [2.75, 3.05) is 0 Å². The molecule has 0 saturated carbocycles. The zero-order valence-electron chi connectivity index (χ0n) is 9.61. The van der Waals surface area contributed by atoms with Crippen LogP contribution in [0.1, 0.15) is 17.3 Å². The highest BCUT2D eigenvalue weighted by Gasteiger charge is 2.11. The molecule has 0 aliphatic heterocycles. The average Bonchev–Trinajstić information content (AvgIpc) is 2.39. The van der Waals surface area contributed by atoms with Gasteiger partial charge in [-0.05, 0) is 68.3 Å². The minimum absolute atomic E-state index is 0.0793. The van der Waals surface area contributed by atoms with Gasteiger partial charge in [-0.15, -0.1) is 0 Å². The Hall–Kier alpha value is -0.500. The number of halogens is 2. The molecule has 5 heteroatoms. The molecule has 0 spiro atoms. The van der Waals surface area contributed by atoms with Crippen LogP contribution in [0.5, 0.6) is 0 Å². The summed E-state index contributed by atoms with van der Waals surface area (Å²) in [5.74, 6) is 5.63. The first-order chi connectivity index (χ1) is 8.69. The Morgan fingerprint density at radius 3 is 2.50 bits per heavy atom. The van der Waals surface area contributed by atoms with E-state index in [0.717, 1.165) is 16.6 Å². The Morgan fingerprint density at radius 2 is 1.94 bits per heavy atom. The van der Waals surface area contributed by atoms with Crippen LogP contribution in [-0.2, 0) is 6.42 Å². The smallest absolute Gasteiger partial charge is 0.0515 e. The Bertz CT molecular complexity index is 499. The number of nitrogens with one attached hydrogen (secondary N) is 1. The summed E-state index contributed by atoms with van der Waals surface area (Å²) in [4.78, 5) is 4.37. The molecule has 1 atom stereocenters. The molecular formula is C13H13BrIN3. The van der Waals surface area contributed by atoms with Crippen molar-refractivity contribution in [2.45, 2.75) is 12.5 Å². The largest absolute Gasteiger partial charge is 0.271 e. The van der Waals surface area contributed by atoms with Crippen LogP contribution < -0.4 is 11.3 Å². The lowest BCUT2D eigenvalue weighted by atomic mass is 10.0. The molecule has 0 aliphatic carbocycles. The zero-order chi connectivity index (χ0) is 13.0. The maximum Gasteiger partial charge on any atom is 0.0515 e. The van der Waals surface area contributed by atoms with E-state index in [1.807, 2.05) is 12.1 Å². The first-order valence-corrected chi connectivity index (χ1v) is 7.38. The van der Waals surface area contributed by atoms with Crippen molar-refractivity contribution in [1.29, 1.82) is 0 Å². The third kappa shape index (κ3) is 3.74. The van der Waals surface area contributed by atoms with E-state index in [1.54, 1.807) is 6.20 Å². The molecule has 94 valence electrons. The van der Waals surface area contributed by atoms with Gasteiger partial charge in [0.25, 0.3) is 0 Å². The lowest BCUT2D eigenvalue weighted by Gasteiger charge is -2.16. The number of nitrogens with zero attached hydrogens (tertiary/aromatic N) is 1. The van der Waals surface area contributed by atoms with E-state index in [-0.39, 0.29) is 6.04 Å². The van der Waals surface area contributed by atoms with Gasteiger partial charge in [-0.1, -0.05) is 12.1 Å². The molecular weight excluding hydrogens is 405 g/mol. The minimum atomic E-state index is 0.0793. The lowest BCUT2D eigenvalue weighted by Crippen LogP contribution is -2.29. The molecule has 0 amide bonds. The Morgan fingerprint density at radius 1 is 1.22 bits per heavy atom. The van der Waals surface area contributed by atoms with Gasteiger partial charge in [-0.2, -0.15) is 0 Å². The first kappa shape index (κ1) is 13.9. The fourth-order valence-corrected chi connectivity index (χ4v) is 2.30. The molecule has 0 saturated heterocycles. The van der Waals surface area contributed by atoms with Crippen molar-refractivity contribution in [3.05, 3.63) is 61.9 Å². The Kier molecular flexibility index (Phi) is 5.11. The Balaban J connectivity index is 2.14. The second kappa shape index (κ2) is 6.60. The van der Waals surface area contributed by atoms with Gasteiger partial charge >= 0.3 is 0 Å². The van der Waals surface area contributed by atoms with Crippen molar-refractivity contribution in [2.24, 2.45) is 5.84 Å². The van der Waals surface area contributed by atoms with Gasteiger partial charge in [0.15, 0.2) is 0 Å². The number of hydrogen-bond donors (Lipinski definition) is 2. The van der Waals surface area contributed by atoms with Crippen molar-refractivity contribution >= 4 is 38.5 Å². The van der Waals surface area contributed by atoms with E-state index in [4.69, 9.17) is 5.84 Å². The van der Waals surface area contributed by atoms with Gasteiger partial charge in [0.05, 0.1) is 6.04 Å². The fourth-order valence-electron chi connectivity index (χ4n) is 1.70. The first-order valence-electron chi connectivity index (χ1n) is 5.51. The van der Waals surface area contributed by atoms with Crippen LogP contribution in [0.25, 0.3) is 0 Å². The highest BCUT2D eigenvalue weighted by atomic mass is 127. The monoisotopic (exact) mass is 417 g/mol. The van der Waals surface area contributed by atoms with E-state index in [2.05, 4.69) is 73.2 Å². The van der Waals surface area contributed by atoms with Crippen molar-refractivity contribution < 1.29 is 0 Å². The maximum absolute atomic E-state index is 5.63. The number of nitrogens with two attached hydrogens (primary N) is 1. The molecule has 1 aromatic carbocycles. The molecule has 2 aromatic rings. The second-order valence-corrected chi connectivity index (χ2v) is 6.10. The third-order valence-corrected chi connectivity index (χ3v) is 3.86. The second-order valence-electron chi connectivity index (χ2n) is 3.94. The van der Waals surface area contributed by atoms with Gasteiger partial charge in [0, 0.05) is 26.4 Å². The molecule has 18 heavy (non-hydrogen) atoms. The lowest BCUT2D eigenvalue weighted by molar-refractivity contribution is 0.546. The summed E-state index contributed by atoms with van der Waals surface area (Å²) in [6.45, 7) is 0. The molecule has 1 aromatic heterocycles. The van der Waals surface area contributed by atoms with Crippen LogP contribution in [0.4, 0.5) is 0 Å². The molecule has 3 nitrogen and oxygen atoms in total. The van der Waals surface area contributed by atoms with Crippen molar-refractivity contribution in [3.8, 4) is 0 Å². The van der Waals surface area contributed by atoms with E-state index < -0.39 is 0 Å². The van der Waals surface area contributed by atoms with Gasteiger partial charge < -0.3 is 0 Å². The van der Waals surface area contributed by atoms with E-state index in [9.17, 15) is 0 Å². The third-order valence-electron chi connectivity index (χ3n) is 2.68. The molecule has 3 N–H and O–H groups in total. The predicted octanol–water partition coefficient (Wildman–Crippen LogP) is 3.20.